The first kappa shape index (κ1) is 14.3. The number of aromatic nitrogens is 2. The minimum Gasteiger partial charge on any atom is -0.237 e. The van der Waals surface area contributed by atoms with Gasteiger partial charge >= 0.3 is 0 Å². The van der Waals surface area contributed by atoms with E-state index < -0.39 is 0 Å². The molecule has 0 atom stereocenters. The van der Waals surface area contributed by atoms with Gasteiger partial charge in [0.05, 0.1) is 5.69 Å². The van der Waals surface area contributed by atoms with Crippen LogP contribution in [0.3, 0.4) is 0 Å². The van der Waals surface area contributed by atoms with Gasteiger partial charge in [-0.2, -0.15) is 5.10 Å². The first-order chi connectivity index (χ1) is 9.11. The van der Waals surface area contributed by atoms with Gasteiger partial charge in [0, 0.05) is 17.9 Å². The Morgan fingerprint density at radius 3 is 2.68 bits per heavy atom. The molecule has 1 aromatic carbocycles. The third kappa shape index (κ3) is 3.44. The van der Waals surface area contributed by atoms with Crippen LogP contribution in [0.2, 0.25) is 0 Å². The van der Waals surface area contributed by atoms with Crippen LogP contribution in [0.4, 0.5) is 4.39 Å². The molecule has 0 saturated heterocycles. The first-order valence-corrected chi connectivity index (χ1v) is 7.62. The summed E-state index contributed by atoms with van der Waals surface area (Å²) in [4.78, 5) is 0. The highest BCUT2D eigenvalue weighted by Gasteiger charge is 2.12. The predicted molar refractivity (Wildman–Crippen MR) is 79.6 cm³/mol. The smallest absolute Gasteiger partial charge is 0.148 e. The summed E-state index contributed by atoms with van der Waals surface area (Å²) >= 11 is 3.44. The van der Waals surface area contributed by atoms with E-state index in [1.165, 1.54) is 11.6 Å². The summed E-state index contributed by atoms with van der Waals surface area (Å²) in [6, 6.07) is 6.73. The second kappa shape index (κ2) is 6.33. The van der Waals surface area contributed by atoms with Gasteiger partial charge in [-0.25, -0.2) is 9.07 Å². The molecule has 2 rings (SSSR count). The third-order valence-corrected chi connectivity index (χ3v) is 3.33. The van der Waals surface area contributed by atoms with E-state index in [1.807, 2.05) is 12.3 Å². The molecule has 0 aliphatic carbocycles. The van der Waals surface area contributed by atoms with E-state index in [9.17, 15) is 4.39 Å². The van der Waals surface area contributed by atoms with Crippen LogP contribution in [-0.4, -0.2) is 15.1 Å². The molecule has 0 fully saturated rings. The molecular formula is C15H18BrFN2. The molecule has 2 aromatic rings. The summed E-state index contributed by atoms with van der Waals surface area (Å²) in [5, 5.41) is 5.40. The molecule has 0 aliphatic rings. The molecule has 0 spiro atoms. The van der Waals surface area contributed by atoms with E-state index in [2.05, 4.69) is 34.9 Å². The number of alkyl halides is 1. The van der Waals surface area contributed by atoms with Crippen molar-refractivity contribution in [2.75, 3.05) is 5.33 Å². The molecule has 0 saturated carbocycles. The summed E-state index contributed by atoms with van der Waals surface area (Å²) < 4.78 is 15.5. The molecule has 4 heteroatoms. The molecule has 1 aromatic heterocycles. The Kier molecular flexibility index (Phi) is 4.75. The van der Waals surface area contributed by atoms with Crippen molar-refractivity contribution in [2.45, 2.75) is 26.7 Å². The molecular weight excluding hydrogens is 307 g/mol. The van der Waals surface area contributed by atoms with Crippen LogP contribution >= 0.6 is 15.9 Å². The zero-order chi connectivity index (χ0) is 13.8. The van der Waals surface area contributed by atoms with Crippen molar-refractivity contribution in [3.05, 3.63) is 47.5 Å². The van der Waals surface area contributed by atoms with Crippen molar-refractivity contribution in [1.82, 2.24) is 9.78 Å². The summed E-state index contributed by atoms with van der Waals surface area (Å²) in [5.41, 5.74) is 2.76. The summed E-state index contributed by atoms with van der Waals surface area (Å²) in [7, 11) is 0. The van der Waals surface area contributed by atoms with Gasteiger partial charge in [-0.1, -0.05) is 41.9 Å². The van der Waals surface area contributed by atoms with Crippen molar-refractivity contribution in [3.8, 4) is 5.69 Å². The number of benzene rings is 1. The van der Waals surface area contributed by atoms with E-state index in [1.54, 1.807) is 16.8 Å². The normalized spacial score (nSPS) is 11.2. The highest BCUT2D eigenvalue weighted by molar-refractivity contribution is 9.09. The Morgan fingerprint density at radius 2 is 2.05 bits per heavy atom. The van der Waals surface area contributed by atoms with Crippen LogP contribution in [-0.2, 0) is 12.8 Å². The minimum atomic E-state index is -0.244. The van der Waals surface area contributed by atoms with Gasteiger partial charge in [-0.15, -0.1) is 0 Å². The average molecular weight is 325 g/mol. The molecule has 0 amide bonds. The molecule has 0 N–H and O–H groups in total. The van der Waals surface area contributed by atoms with Gasteiger partial charge in [0.15, 0.2) is 0 Å². The topological polar surface area (TPSA) is 17.8 Å². The zero-order valence-corrected chi connectivity index (χ0v) is 12.8. The van der Waals surface area contributed by atoms with Crippen LogP contribution in [0.5, 0.6) is 0 Å². The maximum atomic E-state index is 13.8. The highest BCUT2D eigenvalue weighted by atomic mass is 79.9. The van der Waals surface area contributed by atoms with Crippen LogP contribution in [0.15, 0.2) is 30.5 Å². The first-order valence-electron chi connectivity index (χ1n) is 6.50. The van der Waals surface area contributed by atoms with Crippen LogP contribution < -0.4 is 0 Å². The van der Waals surface area contributed by atoms with E-state index >= 15 is 0 Å². The fourth-order valence-corrected chi connectivity index (χ4v) is 2.49. The van der Waals surface area contributed by atoms with Gasteiger partial charge in [-0.3, -0.25) is 0 Å². The Balaban J connectivity index is 2.39. The lowest BCUT2D eigenvalue weighted by molar-refractivity contribution is 0.610. The second-order valence-electron chi connectivity index (χ2n) is 5.03. The largest absolute Gasteiger partial charge is 0.237 e. The molecule has 0 radical (unpaired) electrons. The number of rotatable bonds is 5. The molecule has 0 unspecified atom stereocenters. The van der Waals surface area contributed by atoms with Crippen molar-refractivity contribution in [3.63, 3.8) is 0 Å². The van der Waals surface area contributed by atoms with Crippen molar-refractivity contribution in [2.24, 2.45) is 5.92 Å². The van der Waals surface area contributed by atoms with Crippen LogP contribution in [0.25, 0.3) is 5.69 Å². The summed E-state index contributed by atoms with van der Waals surface area (Å²) in [6.45, 7) is 4.36. The van der Waals surface area contributed by atoms with Crippen molar-refractivity contribution >= 4 is 15.9 Å². The maximum absolute atomic E-state index is 13.8. The number of nitrogens with zero attached hydrogens (tertiary/aromatic N) is 2. The molecule has 102 valence electrons. The number of hydrogen-bond acceptors (Lipinski definition) is 1. The quantitative estimate of drug-likeness (QED) is 0.755. The van der Waals surface area contributed by atoms with Crippen LogP contribution in [0.1, 0.15) is 25.1 Å². The lowest BCUT2D eigenvalue weighted by Crippen LogP contribution is -1.99. The lowest BCUT2D eigenvalue weighted by Gasteiger charge is -2.03. The standard InChI is InChI=1S/C15H18BrFN2/c1-11(2)9-12-10-19(18-14(12)7-8-16)15-6-4-3-5-13(15)17/h3-6,10-11H,7-9H2,1-2H3. The Morgan fingerprint density at radius 1 is 1.32 bits per heavy atom. The molecule has 19 heavy (non-hydrogen) atoms. The van der Waals surface area contributed by atoms with Gasteiger partial charge in [0.2, 0.25) is 0 Å². The van der Waals surface area contributed by atoms with E-state index in [-0.39, 0.29) is 5.82 Å². The van der Waals surface area contributed by atoms with Crippen molar-refractivity contribution < 1.29 is 4.39 Å². The third-order valence-electron chi connectivity index (χ3n) is 2.94. The number of para-hydroxylation sites is 1. The van der Waals surface area contributed by atoms with Gasteiger partial charge in [0.25, 0.3) is 0 Å². The second-order valence-corrected chi connectivity index (χ2v) is 5.83. The highest BCUT2D eigenvalue weighted by Crippen LogP contribution is 2.19. The predicted octanol–water partition coefficient (Wildman–Crippen LogP) is 4.15. The van der Waals surface area contributed by atoms with Gasteiger partial charge in [-0.05, 0) is 30.0 Å². The summed E-state index contributed by atoms with van der Waals surface area (Å²) in [6.07, 6.45) is 3.79. The Labute approximate surface area is 121 Å². The van der Waals surface area contributed by atoms with Crippen LogP contribution in [0, 0.1) is 11.7 Å². The fraction of sp³-hybridized carbons (Fsp3) is 0.400. The number of halogens is 2. The van der Waals surface area contributed by atoms with E-state index in [0.717, 1.165) is 23.9 Å². The molecule has 1 heterocycles. The molecule has 2 nitrogen and oxygen atoms in total. The Bertz CT molecular complexity index is 549. The van der Waals surface area contributed by atoms with E-state index in [4.69, 9.17) is 0 Å². The monoisotopic (exact) mass is 324 g/mol. The fourth-order valence-electron chi connectivity index (χ4n) is 2.12. The lowest BCUT2D eigenvalue weighted by atomic mass is 10.0. The molecule has 0 aliphatic heterocycles. The molecule has 0 bridgehead atoms. The zero-order valence-electron chi connectivity index (χ0n) is 11.2. The van der Waals surface area contributed by atoms with E-state index in [0.29, 0.717) is 11.6 Å². The average Bonchev–Trinajstić information content (AvgIpc) is 2.72. The minimum absolute atomic E-state index is 0.244. The van der Waals surface area contributed by atoms with Crippen molar-refractivity contribution in [1.29, 1.82) is 0 Å². The summed E-state index contributed by atoms with van der Waals surface area (Å²) in [5.74, 6) is 0.318. The SMILES string of the molecule is CC(C)Cc1cn(-c2ccccc2F)nc1CCBr. The van der Waals surface area contributed by atoms with Gasteiger partial charge in [0.1, 0.15) is 11.5 Å². The number of aryl methyl sites for hydroxylation is 1. The maximum Gasteiger partial charge on any atom is 0.148 e. The number of hydrogen-bond donors (Lipinski definition) is 0. The Hall–Kier alpha value is -1.16. The van der Waals surface area contributed by atoms with Gasteiger partial charge < -0.3 is 0 Å².